The topological polar surface area (TPSA) is 51.2 Å². The lowest BCUT2D eigenvalue weighted by atomic mass is 10.0. The van der Waals surface area contributed by atoms with Crippen molar-refractivity contribution in [2.75, 3.05) is 16.8 Å². The van der Waals surface area contributed by atoms with Crippen LogP contribution < -0.4 is 10.1 Å². The summed E-state index contributed by atoms with van der Waals surface area (Å²) in [7, 11) is 0. The Balaban J connectivity index is 1.80. The van der Waals surface area contributed by atoms with Gasteiger partial charge in [-0.1, -0.05) is 32.0 Å². The fourth-order valence-electron chi connectivity index (χ4n) is 2.73. The molecule has 1 aliphatic rings. The maximum absolute atomic E-state index is 12.7. The maximum Gasteiger partial charge on any atom is 0.261 e. The number of para-hydroxylation sites is 1. The zero-order valence-electron chi connectivity index (χ0n) is 14.0. The van der Waals surface area contributed by atoms with Gasteiger partial charge in [-0.2, -0.15) is 11.8 Å². The summed E-state index contributed by atoms with van der Waals surface area (Å²) in [5.41, 5.74) is 2.43. The van der Waals surface area contributed by atoms with Gasteiger partial charge in [-0.25, -0.2) is 4.98 Å². The number of nitrogens with zero attached hydrogens (tertiary/aromatic N) is 1. The molecule has 1 fully saturated rings. The van der Waals surface area contributed by atoms with Gasteiger partial charge in [0.05, 0.1) is 0 Å². The number of pyridine rings is 1. The highest BCUT2D eigenvalue weighted by molar-refractivity contribution is 7.99. The molecule has 5 heteroatoms. The second kappa shape index (κ2) is 7.71. The molecule has 0 spiro atoms. The number of carbonyl (C=O) groups is 1. The van der Waals surface area contributed by atoms with E-state index in [1.165, 1.54) is 0 Å². The minimum atomic E-state index is -0.183. The van der Waals surface area contributed by atoms with Crippen LogP contribution in [0.4, 0.5) is 5.69 Å². The van der Waals surface area contributed by atoms with Crippen LogP contribution in [0, 0.1) is 0 Å². The Labute approximate surface area is 147 Å². The number of thioether (sulfide) groups is 1. The third-order valence-corrected chi connectivity index (χ3v) is 5.14. The van der Waals surface area contributed by atoms with Crippen molar-refractivity contribution in [2.45, 2.75) is 32.3 Å². The number of hydrogen-bond donors (Lipinski definition) is 1. The molecule has 0 radical (unpaired) electrons. The van der Waals surface area contributed by atoms with Crippen LogP contribution in [0.5, 0.6) is 5.88 Å². The minimum absolute atomic E-state index is 0.138. The zero-order chi connectivity index (χ0) is 16.9. The van der Waals surface area contributed by atoms with Gasteiger partial charge in [0.1, 0.15) is 11.7 Å². The van der Waals surface area contributed by atoms with Crippen LogP contribution in [0.3, 0.4) is 0 Å². The first kappa shape index (κ1) is 16.8. The summed E-state index contributed by atoms with van der Waals surface area (Å²) in [6.07, 6.45) is 2.80. The van der Waals surface area contributed by atoms with Crippen molar-refractivity contribution in [2.24, 2.45) is 0 Å². The highest BCUT2D eigenvalue weighted by Gasteiger charge is 2.21. The Hall–Kier alpha value is -2.01. The molecular formula is C19H22N2O2S. The predicted molar refractivity (Wildman–Crippen MR) is 99.1 cm³/mol. The number of rotatable bonds is 5. The molecule has 1 aliphatic heterocycles. The van der Waals surface area contributed by atoms with Gasteiger partial charge in [0.2, 0.25) is 5.88 Å². The monoisotopic (exact) mass is 342 g/mol. The second-order valence-corrected chi connectivity index (χ2v) is 7.31. The van der Waals surface area contributed by atoms with Crippen molar-refractivity contribution < 1.29 is 9.53 Å². The van der Waals surface area contributed by atoms with E-state index < -0.39 is 0 Å². The standard InChI is InChI=1S/C19H22N2O2S/c1-13(2)15-6-3-4-8-17(15)21-18(22)16-7-5-10-20-19(16)23-14-9-11-24-12-14/h3-8,10,13-14H,9,11-12H2,1-2H3,(H,21,22). The summed E-state index contributed by atoms with van der Waals surface area (Å²) in [4.78, 5) is 17.0. The van der Waals surface area contributed by atoms with Crippen LogP contribution in [0.15, 0.2) is 42.6 Å². The van der Waals surface area contributed by atoms with Crippen molar-refractivity contribution >= 4 is 23.4 Å². The lowest BCUT2D eigenvalue weighted by Crippen LogP contribution is -2.20. The molecule has 1 aromatic heterocycles. The molecule has 24 heavy (non-hydrogen) atoms. The molecule has 0 saturated carbocycles. The molecular weight excluding hydrogens is 320 g/mol. The van der Waals surface area contributed by atoms with E-state index in [1.54, 1.807) is 18.3 Å². The number of nitrogens with one attached hydrogen (secondary N) is 1. The van der Waals surface area contributed by atoms with Crippen molar-refractivity contribution in [3.63, 3.8) is 0 Å². The first-order valence-corrected chi connectivity index (χ1v) is 9.40. The molecule has 1 saturated heterocycles. The number of amides is 1. The highest BCUT2D eigenvalue weighted by Crippen LogP contribution is 2.27. The minimum Gasteiger partial charge on any atom is -0.473 e. The number of benzene rings is 1. The van der Waals surface area contributed by atoms with Gasteiger partial charge in [-0.05, 0) is 41.9 Å². The largest absolute Gasteiger partial charge is 0.473 e. The van der Waals surface area contributed by atoms with Crippen LogP contribution in [0.2, 0.25) is 0 Å². The van der Waals surface area contributed by atoms with Crippen LogP contribution in [0.25, 0.3) is 0 Å². The van der Waals surface area contributed by atoms with Crippen LogP contribution in [0.1, 0.15) is 42.1 Å². The SMILES string of the molecule is CC(C)c1ccccc1NC(=O)c1cccnc1OC1CCSC1. The van der Waals surface area contributed by atoms with E-state index >= 15 is 0 Å². The first-order chi connectivity index (χ1) is 11.6. The molecule has 2 heterocycles. The Kier molecular flexibility index (Phi) is 5.41. The van der Waals surface area contributed by atoms with Gasteiger partial charge >= 0.3 is 0 Å². The van der Waals surface area contributed by atoms with Crippen LogP contribution in [-0.2, 0) is 0 Å². The molecule has 0 bridgehead atoms. The maximum atomic E-state index is 12.7. The molecule has 1 unspecified atom stereocenters. The van der Waals surface area contributed by atoms with E-state index in [1.807, 2.05) is 36.0 Å². The van der Waals surface area contributed by atoms with E-state index in [4.69, 9.17) is 4.74 Å². The Morgan fingerprint density at radius 2 is 2.12 bits per heavy atom. The Morgan fingerprint density at radius 3 is 2.88 bits per heavy atom. The van der Waals surface area contributed by atoms with Crippen LogP contribution in [-0.4, -0.2) is 28.5 Å². The van der Waals surface area contributed by atoms with Crippen molar-refractivity contribution in [1.29, 1.82) is 0 Å². The molecule has 1 atom stereocenters. The van der Waals surface area contributed by atoms with E-state index in [2.05, 4.69) is 24.1 Å². The Bertz CT molecular complexity index is 712. The smallest absolute Gasteiger partial charge is 0.261 e. The quantitative estimate of drug-likeness (QED) is 0.878. The van der Waals surface area contributed by atoms with Gasteiger partial charge in [-0.3, -0.25) is 4.79 Å². The van der Waals surface area contributed by atoms with E-state index in [9.17, 15) is 4.79 Å². The fraction of sp³-hybridized carbons (Fsp3) is 0.368. The molecule has 0 aliphatic carbocycles. The molecule has 1 amide bonds. The molecule has 1 aromatic carbocycles. The fourth-order valence-corrected chi connectivity index (χ4v) is 3.82. The van der Waals surface area contributed by atoms with Gasteiger partial charge in [0.25, 0.3) is 5.91 Å². The summed E-state index contributed by atoms with van der Waals surface area (Å²) in [6, 6.07) is 11.4. The van der Waals surface area contributed by atoms with Crippen molar-refractivity contribution in [1.82, 2.24) is 4.98 Å². The second-order valence-electron chi connectivity index (χ2n) is 6.16. The van der Waals surface area contributed by atoms with Crippen LogP contribution >= 0.6 is 11.8 Å². The average molecular weight is 342 g/mol. The highest BCUT2D eigenvalue weighted by atomic mass is 32.2. The average Bonchev–Trinajstić information content (AvgIpc) is 3.08. The number of carbonyl (C=O) groups excluding carboxylic acids is 1. The molecule has 2 aromatic rings. The number of aromatic nitrogens is 1. The zero-order valence-corrected chi connectivity index (χ0v) is 14.8. The van der Waals surface area contributed by atoms with Gasteiger partial charge in [-0.15, -0.1) is 0 Å². The summed E-state index contributed by atoms with van der Waals surface area (Å²) < 4.78 is 5.95. The van der Waals surface area contributed by atoms with E-state index in [0.29, 0.717) is 17.4 Å². The number of anilines is 1. The Morgan fingerprint density at radius 1 is 1.29 bits per heavy atom. The number of hydrogen-bond acceptors (Lipinski definition) is 4. The first-order valence-electron chi connectivity index (χ1n) is 8.25. The van der Waals surface area contributed by atoms with Gasteiger partial charge in [0.15, 0.2) is 0 Å². The summed E-state index contributed by atoms with van der Waals surface area (Å²) in [5.74, 6) is 2.62. The predicted octanol–water partition coefficient (Wildman–Crippen LogP) is 4.34. The summed E-state index contributed by atoms with van der Waals surface area (Å²) in [5, 5.41) is 3.01. The summed E-state index contributed by atoms with van der Waals surface area (Å²) in [6.45, 7) is 4.22. The molecule has 3 rings (SSSR count). The normalized spacial score (nSPS) is 17.0. The molecule has 4 nitrogen and oxygen atoms in total. The van der Waals surface area contributed by atoms with Crippen molar-refractivity contribution in [3.05, 3.63) is 53.7 Å². The van der Waals surface area contributed by atoms with E-state index in [-0.39, 0.29) is 12.0 Å². The lowest BCUT2D eigenvalue weighted by molar-refractivity contribution is 0.101. The van der Waals surface area contributed by atoms with Gasteiger partial charge in [0, 0.05) is 17.6 Å². The third-order valence-electron chi connectivity index (χ3n) is 4.01. The summed E-state index contributed by atoms with van der Waals surface area (Å²) >= 11 is 1.87. The molecule has 126 valence electrons. The number of ether oxygens (including phenoxy) is 1. The van der Waals surface area contributed by atoms with Crippen molar-refractivity contribution in [3.8, 4) is 5.88 Å². The van der Waals surface area contributed by atoms with E-state index in [0.717, 1.165) is 29.2 Å². The third kappa shape index (κ3) is 3.90. The molecule has 1 N–H and O–H groups in total. The lowest BCUT2D eigenvalue weighted by Gasteiger charge is -2.16. The van der Waals surface area contributed by atoms with Gasteiger partial charge < -0.3 is 10.1 Å².